The molecule has 1 aromatic rings. The Morgan fingerprint density at radius 1 is 1.17 bits per heavy atom. The molecule has 2 rings (SSSR count). The van der Waals surface area contributed by atoms with E-state index in [-0.39, 0.29) is 0 Å². The Hall–Kier alpha value is -0.700. The van der Waals surface area contributed by atoms with Crippen molar-refractivity contribution in [3.8, 4) is 11.5 Å². The van der Waals surface area contributed by atoms with E-state index in [0.717, 1.165) is 16.8 Å². The first-order chi connectivity index (χ1) is 8.85. The fourth-order valence-corrected chi connectivity index (χ4v) is 2.93. The van der Waals surface area contributed by atoms with Crippen LogP contribution in [0.2, 0.25) is 0 Å². The monoisotopic (exact) mass is 312 g/mol. The summed E-state index contributed by atoms with van der Waals surface area (Å²) in [4.78, 5) is 0. The summed E-state index contributed by atoms with van der Waals surface area (Å²) in [7, 11) is 1.70. The van der Waals surface area contributed by atoms with E-state index in [0.29, 0.717) is 6.10 Å². The smallest absolute Gasteiger partial charge is 0.165 e. The summed E-state index contributed by atoms with van der Waals surface area (Å²) < 4.78 is 11.6. The van der Waals surface area contributed by atoms with E-state index in [1.54, 1.807) is 7.11 Å². The third-order valence-electron chi connectivity index (χ3n) is 3.51. The van der Waals surface area contributed by atoms with Gasteiger partial charge < -0.3 is 9.47 Å². The van der Waals surface area contributed by atoms with Gasteiger partial charge in [0.2, 0.25) is 0 Å². The fourth-order valence-electron chi connectivity index (χ4n) is 2.49. The lowest BCUT2D eigenvalue weighted by Gasteiger charge is -2.20. The average molecular weight is 313 g/mol. The lowest BCUT2D eigenvalue weighted by atomic mass is 10.1. The predicted molar refractivity (Wildman–Crippen MR) is 77.7 cm³/mol. The van der Waals surface area contributed by atoms with Gasteiger partial charge in [0.25, 0.3) is 0 Å². The zero-order valence-electron chi connectivity index (χ0n) is 11.0. The lowest BCUT2D eigenvalue weighted by molar-refractivity contribution is 0.175. The molecule has 0 saturated heterocycles. The Morgan fingerprint density at radius 2 is 1.89 bits per heavy atom. The maximum absolute atomic E-state index is 6.22. The predicted octanol–water partition coefficient (Wildman–Crippen LogP) is 4.69. The molecule has 0 unspecified atom stereocenters. The van der Waals surface area contributed by atoms with Gasteiger partial charge in [-0.3, -0.25) is 0 Å². The molecule has 0 aromatic heterocycles. The molecule has 0 aliphatic heterocycles. The van der Waals surface area contributed by atoms with Crippen molar-refractivity contribution in [3.63, 3.8) is 0 Å². The first kappa shape index (κ1) is 13.7. The van der Waals surface area contributed by atoms with Crippen molar-refractivity contribution in [2.45, 2.75) is 50.0 Å². The molecule has 1 aromatic carbocycles. The number of benzene rings is 1. The number of hydrogen-bond acceptors (Lipinski definition) is 2. The molecule has 0 radical (unpaired) electrons. The number of para-hydroxylation sites is 1. The molecule has 0 N–H and O–H groups in total. The molecule has 0 atom stereocenters. The second kappa shape index (κ2) is 7.03. The van der Waals surface area contributed by atoms with Gasteiger partial charge >= 0.3 is 0 Å². The molecular weight excluding hydrogens is 292 g/mol. The minimum Gasteiger partial charge on any atom is -0.493 e. The van der Waals surface area contributed by atoms with Crippen molar-refractivity contribution in [3.05, 3.63) is 23.8 Å². The standard InChI is InChI=1S/C15H21BrO2/c1-17-14-10-6-7-12(11-16)15(14)18-13-8-4-2-3-5-9-13/h6-7,10,13H,2-5,8-9,11H2,1H3. The Kier molecular flexibility index (Phi) is 5.36. The summed E-state index contributed by atoms with van der Waals surface area (Å²) in [5, 5.41) is 0.798. The molecule has 100 valence electrons. The molecule has 0 heterocycles. The van der Waals surface area contributed by atoms with Gasteiger partial charge in [-0.05, 0) is 31.7 Å². The Morgan fingerprint density at radius 3 is 2.50 bits per heavy atom. The topological polar surface area (TPSA) is 18.5 Å². The van der Waals surface area contributed by atoms with Crippen molar-refractivity contribution < 1.29 is 9.47 Å². The van der Waals surface area contributed by atoms with Gasteiger partial charge in [-0.15, -0.1) is 0 Å². The fraction of sp³-hybridized carbons (Fsp3) is 0.600. The number of rotatable bonds is 4. The minimum absolute atomic E-state index is 0.349. The zero-order valence-corrected chi connectivity index (χ0v) is 12.5. The van der Waals surface area contributed by atoms with Gasteiger partial charge in [-0.1, -0.05) is 40.9 Å². The van der Waals surface area contributed by atoms with E-state index in [2.05, 4.69) is 22.0 Å². The van der Waals surface area contributed by atoms with Crippen LogP contribution in [0.25, 0.3) is 0 Å². The minimum atomic E-state index is 0.349. The van der Waals surface area contributed by atoms with Crippen LogP contribution in [0.1, 0.15) is 44.1 Å². The SMILES string of the molecule is COc1cccc(CBr)c1OC1CCCCCC1. The summed E-state index contributed by atoms with van der Waals surface area (Å²) in [5.41, 5.74) is 1.17. The van der Waals surface area contributed by atoms with Gasteiger partial charge in [0.1, 0.15) is 0 Å². The van der Waals surface area contributed by atoms with Gasteiger partial charge in [0.05, 0.1) is 13.2 Å². The number of halogens is 1. The Balaban J connectivity index is 2.15. The number of ether oxygens (including phenoxy) is 2. The normalized spacial score (nSPS) is 17.2. The van der Waals surface area contributed by atoms with E-state index in [1.807, 2.05) is 12.1 Å². The Bertz CT molecular complexity index is 349. The van der Waals surface area contributed by atoms with E-state index in [9.17, 15) is 0 Å². The third kappa shape index (κ3) is 3.41. The van der Waals surface area contributed by atoms with E-state index in [1.165, 1.54) is 44.1 Å². The molecule has 1 aliphatic carbocycles. The highest BCUT2D eigenvalue weighted by Crippen LogP contribution is 2.35. The molecule has 1 saturated carbocycles. The van der Waals surface area contributed by atoms with Crippen molar-refractivity contribution in [1.29, 1.82) is 0 Å². The van der Waals surface area contributed by atoms with Gasteiger partial charge in [-0.2, -0.15) is 0 Å². The summed E-state index contributed by atoms with van der Waals surface area (Å²) in [6.07, 6.45) is 7.93. The van der Waals surface area contributed by atoms with Crippen LogP contribution in [0, 0.1) is 0 Å². The van der Waals surface area contributed by atoms with Crippen LogP contribution in [-0.4, -0.2) is 13.2 Å². The first-order valence-corrected chi connectivity index (χ1v) is 7.85. The summed E-state index contributed by atoms with van der Waals surface area (Å²) in [5.74, 6) is 1.76. The van der Waals surface area contributed by atoms with Crippen LogP contribution >= 0.6 is 15.9 Å². The van der Waals surface area contributed by atoms with Crippen molar-refractivity contribution in [2.75, 3.05) is 7.11 Å². The zero-order chi connectivity index (χ0) is 12.8. The third-order valence-corrected chi connectivity index (χ3v) is 4.12. The molecule has 2 nitrogen and oxygen atoms in total. The maximum atomic E-state index is 6.22. The summed E-state index contributed by atoms with van der Waals surface area (Å²) in [6.45, 7) is 0. The van der Waals surface area contributed by atoms with Gasteiger partial charge in [-0.25, -0.2) is 0 Å². The summed E-state index contributed by atoms with van der Waals surface area (Å²) >= 11 is 3.52. The first-order valence-electron chi connectivity index (χ1n) is 6.73. The van der Waals surface area contributed by atoms with Crippen molar-refractivity contribution in [2.24, 2.45) is 0 Å². The van der Waals surface area contributed by atoms with Crippen LogP contribution in [0.15, 0.2) is 18.2 Å². The quantitative estimate of drug-likeness (QED) is 0.593. The average Bonchev–Trinajstić information content (AvgIpc) is 2.67. The largest absolute Gasteiger partial charge is 0.493 e. The van der Waals surface area contributed by atoms with Gasteiger partial charge in [0.15, 0.2) is 11.5 Å². The lowest BCUT2D eigenvalue weighted by Crippen LogP contribution is -2.16. The Labute approximate surface area is 118 Å². The maximum Gasteiger partial charge on any atom is 0.165 e. The van der Waals surface area contributed by atoms with Crippen LogP contribution in [-0.2, 0) is 5.33 Å². The van der Waals surface area contributed by atoms with E-state index >= 15 is 0 Å². The highest BCUT2D eigenvalue weighted by molar-refractivity contribution is 9.08. The molecule has 0 amide bonds. The molecule has 1 aliphatic rings. The highest BCUT2D eigenvalue weighted by Gasteiger charge is 2.18. The van der Waals surface area contributed by atoms with E-state index < -0.39 is 0 Å². The van der Waals surface area contributed by atoms with Crippen LogP contribution < -0.4 is 9.47 Å². The molecule has 0 spiro atoms. The number of hydrogen-bond donors (Lipinski definition) is 0. The number of alkyl halides is 1. The van der Waals surface area contributed by atoms with E-state index in [4.69, 9.17) is 9.47 Å². The molecule has 0 bridgehead atoms. The van der Waals surface area contributed by atoms with Crippen LogP contribution in [0.5, 0.6) is 11.5 Å². The number of methoxy groups -OCH3 is 1. The van der Waals surface area contributed by atoms with Crippen LogP contribution in [0.3, 0.4) is 0 Å². The van der Waals surface area contributed by atoms with Gasteiger partial charge in [0, 0.05) is 10.9 Å². The second-order valence-electron chi connectivity index (χ2n) is 4.81. The van der Waals surface area contributed by atoms with Crippen LogP contribution in [0.4, 0.5) is 0 Å². The van der Waals surface area contributed by atoms with Crippen molar-refractivity contribution >= 4 is 15.9 Å². The molecule has 18 heavy (non-hydrogen) atoms. The molecular formula is C15H21BrO2. The van der Waals surface area contributed by atoms with Crippen molar-refractivity contribution in [1.82, 2.24) is 0 Å². The highest BCUT2D eigenvalue weighted by atomic mass is 79.9. The molecule has 1 fully saturated rings. The second-order valence-corrected chi connectivity index (χ2v) is 5.37. The summed E-state index contributed by atoms with van der Waals surface area (Å²) in [6, 6.07) is 6.07. The molecule has 3 heteroatoms.